The van der Waals surface area contributed by atoms with Crippen LogP contribution in [-0.2, 0) is 4.79 Å². The molecule has 2 aromatic carbocycles. The van der Waals surface area contributed by atoms with Crippen LogP contribution in [-0.4, -0.2) is 23.0 Å². The highest BCUT2D eigenvalue weighted by molar-refractivity contribution is 6.31. The number of anilines is 5. The minimum absolute atomic E-state index is 0.127. The maximum atomic E-state index is 11.2. The molecule has 0 unspecified atom stereocenters. The van der Waals surface area contributed by atoms with Crippen molar-refractivity contribution in [2.45, 2.75) is 13.8 Å². The van der Waals surface area contributed by atoms with Gasteiger partial charge in [0.2, 0.25) is 11.9 Å². The van der Waals surface area contributed by atoms with E-state index in [4.69, 9.17) is 16.3 Å². The van der Waals surface area contributed by atoms with Crippen LogP contribution in [0.15, 0.2) is 48.7 Å². The van der Waals surface area contributed by atoms with Crippen molar-refractivity contribution in [3.63, 3.8) is 0 Å². The van der Waals surface area contributed by atoms with E-state index in [1.54, 1.807) is 25.4 Å². The van der Waals surface area contributed by atoms with Crippen LogP contribution in [0.25, 0.3) is 0 Å². The number of hydrogen-bond donors (Lipinski definition) is 3. The average molecular weight is 398 g/mol. The highest BCUT2D eigenvalue weighted by Crippen LogP contribution is 2.32. The molecule has 1 aromatic heterocycles. The van der Waals surface area contributed by atoms with Crippen molar-refractivity contribution >= 4 is 46.3 Å². The third kappa shape index (κ3) is 4.89. The Bertz CT molecular complexity index is 1010. The zero-order valence-electron chi connectivity index (χ0n) is 15.7. The number of carbonyl (C=O) groups is 1. The van der Waals surface area contributed by atoms with Gasteiger partial charge in [0, 0.05) is 35.6 Å². The summed E-state index contributed by atoms with van der Waals surface area (Å²) in [5.41, 5.74) is 3.12. The Morgan fingerprint density at radius 1 is 1.11 bits per heavy atom. The highest BCUT2D eigenvalue weighted by Gasteiger charge is 2.09. The number of nitrogens with zero attached hydrogens (tertiary/aromatic N) is 2. The van der Waals surface area contributed by atoms with Crippen molar-refractivity contribution < 1.29 is 9.53 Å². The van der Waals surface area contributed by atoms with E-state index in [1.807, 2.05) is 37.3 Å². The van der Waals surface area contributed by atoms with Crippen LogP contribution in [0, 0.1) is 6.92 Å². The quantitative estimate of drug-likeness (QED) is 0.548. The van der Waals surface area contributed by atoms with Gasteiger partial charge in [-0.05, 0) is 42.8 Å². The van der Waals surface area contributed by atoms with Crippen molar-refractivity contribution in [2.75, 3.05) is 23.1 Å². The van der Waals surface area contributed by atoms with Gasteiger partial charge in [-0.2, -0.15) is 4.98 Å². The van der Waals surface area contributed by atoms with Gasteiger partial charge in [0.05, 0.1) is 12.8 Å². The Hall–Kier alpha value is -3.32. The lowest BCUT2D eigenvalue weighted by Crippen LogP contribution is -2.06. The van der Waals surface area contributed by atoms with Crippen LogP contribution >= 0.6 is 11.6 Å². The van der Waals surface area contributed by atoms with Gasteiger partial charge >= 0.3 is 0 Å². The number of methoxy groups -OCH3 is 1. The molecule has 3 N–H and O–H groups in total. The summed E-state index contributed by atoms with van der Waals surface area (Å²) in [4.78, 5) is 19.9. The van der Waals surface area contributed by atoms with E-state index in [0.29, 0.717) is 33.9 Å². The lowest BCUT2D eigenvalue weighted by Gasteiger charge is -2.13. The Labute approximate surface area is 168 Å². The number of halogens is 1. The van der Waals surface area contributed by atoms with E-state index >= 15 is 0 Å². The molecule has 0 saturated carbocycles. The second kappa shape index (κ2) is 8.58. The molecule has 3 rings (SSSR count). The minimum atomic E-state index is -0.127. The molecule has 0 atom stereocenters. The lowest BCUT2D eigenvalue weighted by molar-refractivity contribution is -0.114. The zero-order chi connectivity index (χ0) is 20.1. The van der Waals surface area contributed by atoms with E-state index in [2.05, 4.69) is 25.9 Å². The van der Waals surface area contributed by atoms with Gasteiger partial charge in [0.1, 0.15) is 11.6 Å². The molecule has 0 aliphatic carbocycles. The summed E-state index contributed by atoms with van der Waals surface area (Å²) in [5, 5.41) is 9.72. The van der Waals surface area contributed by atoms with Crippen LogP contribution in [0.5, 0.6) is 5.75 Å². The first-order valence-corrected chi connectivity index (χ1v) is 8.91. The minimum Gasteiger partial charge on any atom is -0.495 e. The molecule has 0 aliphatic rings. The Morgan fingerprint density at radius 2 is 1.89 bits per heavy atom. The third-order valence-corrected chi connectivity index (χ3v) is 4.25. The molecule has 0 aliphatic heterocycles. The summed E-state index contributed by atoms with van der Waals surface area (Å²) in [6, 6.07) is 12.7. The summed E-state index contributed by atoms with van der Waals surface area (Å²) in [5.74, 6) is 1.48. The topological polar surface area (TPSA) is 88.2 Å². The predicted octanol–water partition coefficient (Wildman–Crippen LogP) is 4.89. The first-order valence-electron chi connectivity index (χ1n) is 8.53. The number of amides is 1. The smallest absolute Gasteiger partial charge is 0.229 e. The molecule has 28 heavy (non-hydrogen) atoms. The van der Waals surface area contributed by atoms with Gasteiger partial charge in [-0.1, -0.05) is 17.7 Å². The fourth-order valence-corrected chi connectivity index (χ4v) is 2.72. The van der Waals surface area contributed by atoms with Crippen LogP contribution in [0.1, 0.15) is 12.5 Å². The van der Waals surface area contributed by atoms with E-state index in [-0.39, 0.29) is 5.91 Å². The summed E-state index contributed by atoms with van der Waals surface area (Å²) in [7, 11) is 1.58. The molecule has 0 spiro atoms. The van der Waals surface area contributed by atoms with Crippen LogP contribution in [0.2, 0.25) is 5.02 Å². The van der Waals surface area contributed by atoms with E-state index in [1.165, 1.54) is 6.92 Å². The van der Waals surface area contributed by atoms with Gasteiger partial charge in [0.15, 0.2) is 0 Å². The second-order valence-electron chi connectivity index (χ2n) is 6.08. The number of nitrogens with one attached hydrogen (secondary N) is 3. The molecule has 0 fully saturated rings. The number of rotatable bonds is 6. The van der Waals surface area contributed by atoms with Gasteiger partial charge in [-0.25, -0.2) is 4.98 Å². The Morgan fingerprint density at radius 3 is 2.64 bits per heavy atom. The number of benzene rings is 2. The van der Waals surface area contributed by atoms with Crippen LogP contribution < -0.4 is 20.7 Å². The van der Waals surface area contributed by atoms with Crippen molar-refractivity contribution in [1.82, 2.24) is 9.97 Å². The average Bonchev–Trinajstić information content (AvgIpc) is 2.64. The fraction of sp³-hybridized carbons (Fsp3) is 0.150. The number of ether oxygens (including phenoxy) is 1. The molecule has 0 saturated heterocycles. The molecule has 0 bridgehead atoms. The SMILES string of the molecule is COc1cc(Cl)c(C)cc1Nc1nccc(Nc2cccc(NC(C)=O)c2)n1. The van der Waals surface area contributed by atoms with E-state index in [9.17, 15) is 4.79 Å². The number of aromatic nitrogens is 2. The fourth-order valence-electron chi connectivity index (χ4n) is 2.56. The summed E-state index contributed by atoms with van der Waals surface area (Å²) in [6.45, 7) is 3.38. The first kappa shape index (κ1) is 19.4. The van der Waals surface area contributed by atoms with Crippen molar-refractivity contribution in [3.05, 3.63) is 59.2 Å². The molecular formula is C20H20ClN5O2. The van der Waals surface area contributed by atoms with Crippen LogP contribution in [0.3, 0.4) is 0 Å². The largest absolute Gasteiger partial charge is 0.495 e. The highest BCUT2D eigenvalue weighted by atomic mass is 35.5. The summed E-state index contributed by atoms with van der Waals surface area (Å²) < 4.78 is 5.37. The van der Waals surface area contributed by atoms with Gasteiger partial charge in [-0.15, -0.1) is 0 Å². The van der Waals surface area contributed by atoms with Crippen molar-refractivity contribution in [2.24, 2.45) is 0 Å². The first-order chi connectivity index (χ1) is 13.4. The zero-order valence-corrected chi connectivity index (χ0v) is 16.5. The van der Waals surface area contributed by atoms with Gasteiger partial charge < -0.3 is 20.7 Å². The maximum Gasteiger partial charge on any atom is 0.229 e. The Balaban J connectivity index is 1.80. The Kier molecular flexibility index (Phi) is 5.96. The monoisotopic (exact) mass is 397 g/mol. The second-order valence-corrected chi connectivity index (χ2v) is 6.49. The number of aryl methyl sites for hydroxylation is 1. The molecule has 1 amide bonds. The summed E-state index contributed by atoms with van der Waals surface area (Å²) >= 11 is 6.15. The predicted molar refractivity (Wildman–Crippen MR) is 112 cm³/mol. The molecule has 7 nitrogen and oxygen atoms in total. The molecule has 1 heterocycles. The lowest BCUT2D eigenvalue weighted by atomic mass is 10.2. The van der Waals surface area contributed by atoms with E-state index < -0.39 is 0 Å². The molecular weight excluding hydrogens is 378 g/mol. The van der Waals surface area contributed by atoms with E-state index in [0.717, 1.165) is 11.3 Å². The van der Waals surface area contributed by atoms with Crippen LogP contribution in [0.4, 0.5) is 28.8 Å². The summed E-state index contributed by atoms with van der Waals surface area (Å²) in [6.07, 6.45) is 1.64. The number of carbonyl (C=O) groups excluding carboxylic acids is 1. The normalized spacial score (nSPS) is 10.3. The van der Waals surface area contributed by atoms with Gasteiger partial charge in [0.25, 0.3) is 0 Å². The maximum absolute atomic E-state index is 11.2. The van der Waals surface area contributed by atoms with Gasteiger partial charge in [-0.3, -0.25) is 4.79 Å². The standard InChI is InChI=1S/C20H20ClN5O2/c1-12-9-17(18(28-3)11-16(12)21)25-20-22-8-7-19(26-20)24-15-6-4-5-14(10-15)23-13(2)27/h4-11H,1-3H3,(H,23,27)(H2,22,24,25,26). The number of hydrogen-bond acceptors (Lipinski definition) is 6. The molecule has 0 radical (unpaired) electrons. The molecule has 8 heteroatoms. The molecule has 144 valence electrons. The third-order valence-electron chi connectivity index (χ3n) is 3.84. The van der Waals surface area contributed by atoms with Crippen molar-refractivity contribution in [3.8, 4) is 5.75 Å². The van der Waals surface area contributed by atoms with Crippen molar-refractivity contribution in [1.29, 1.82) is 0 Å². The molecule has 3 aromatic rings.